The molecular weight excluding hydrogens is 224 g/mol. The SMILES string of the molecule is CCCn1cc(C(CN)N2CCCC2(C)C)cn1. The minimum absolute atomic E-state index is 0.261. The van der Waals surface area contributed by atoms with Gasteiger partial charge in [-0.05, 0) is 39.7 Å². The molecule has 1 aliphatic heterocycles. The highest BCUT2D eigenvalue weighted by molar-refractivity contribution is 5.13. The third kappa shape index (κ3) is 2.59. The van der Waals surface area contributed by atoms with Crippen LogP contribution in [0.4, 0.5) is 0 Å². The van der Waals surface area contributed by atoms with Crippen LogP contribution in [0.3, 0.4) is 0 Å². The second kappa shape index (κ2) is 5.41. The molecule has 2 rings (SSSR count). The van der Waals surface area contributed by atoms with Gasteiger partial charge in [0.05, 0.1) is 12.2 Å². The highest BCUT2D eigenvalue weighted by Gasteiger charge is 2.37. The Morgan fingerprint density at radius 3 is 2.83 bits per heavy atom. The second-order valence-electron chi connectivity index (χ2n) is 5.90. The number of likely N-dealkylation sites (tertiary alicyclic amines) is 1. The number of rotatable bonds is 5. The molecule has 0 bridgehead atoms. The van der Waals surface area contributed by atoms with E-state index < -0.39 is 0 Å². The van der Waals surface area contributed by atoms with E-state index in [1.165, 1.54) is 18.4 Å². The molecule has 4 nitrogen and oxygen atoms in total. The van der Waals surface area contributed by atoms with Crippen molar-refractivity contribution in [1.29, 1.82) is 0 Å². The predicted octanol–water partition coefficient (Wildman–Crippen LogP) is 2.17. The van der Waals surface area contributed by atoms with Crippen molar-refractivity contribution >= 4 is 0 Å². The summed E-state index contributed by atoms with van der Waals surface area (Å²) in [5.41, 5.74) is 7.54. The van der Waals surface area contributed by atoms with E-state index in [0.717, 1.165) is 19.5 Å². The molecule has 0 amide bonds. The summed E-state index contributed by atoms with van der Waals surface area (Å²) in [5, 5.41) is 4.43. The third-order valence-corrected chi connectivity index (χ3v) is 4.06. The first kappa shape index (κ1) is 13.6. The maximum atomic E-state index is 6.01. The van der Waals surface area contributed by atoms with Crippen molar-refractivity contribution in [1.82, 2.24) is 14.7 Å². The third-order valence-electron chi connectivity index (χ3n) is 4.06. The van der Waals surface area contributed by atoms with E-state index in [1.807, 2.05) is 10.9 Å². The molecule has 1 aromatic rings. The largest absolute Gasteiger partial charge is 0.329 e. The first-order chi connectivity index (χ1) is 8.58. The van der Waals surface area contributed by atoms with Gasteiger partial charge in [-0.25, -0.2) is 0 Å². The second-order valence-corrected chi connectivity index (χ2v) is 5.90. The van der Waals surface area contributed by atoms with Crippen molar-refractivity contribution < 1.29 is 0 Å². The smallest absolute Gasteiger partial charge is 0.0538 e. The van der Waals surface area contributed by atoms with Gasteiger partial charge in [0.25, 0.3) is 0 Å². The molecule has 4 heteroatoms. The lowest BCUT2D eigenvalue weighted by Gasteiger charge is -2.37. The zero-order valence-corrected chi connectivity index (χ0v) is 11.9. The van der Waals surface area contributed by atoms with E-state index in [2.05, 4.69) is 37.0 Å². The zero-order valence-electron chi connectivity index (χ0n) is 11.9. The van der Waals surface area contributed by atoms with Crippen LogP contribution in [-0.2, 0) is 6.54 Å². The summed E-state index contributed by atoms with van der Waals surface area (Å²) < 4.78 is 2.03. The van der Waals surface area contributed by atoms with Crippen LogP contribution >= 0.6 is 0 Å². The molecule has 0 radical (unpaired) electrons. The summed E-state index contributed by atoms with van der Waals surface area (Å²) >= 11 is 0. The molecule has 102 valence electrons. The van der Waals surface area contributed by atoms with E-state index in [0.29, 0.717) is 12.6 Å². The number of nitrogens with two attached hydrogens (primary N) is 1. The molecule has 1 unspecified atom stereocenters. The topological polar surface area (TPSA) is 47.1 Å². The van der Waals surface area contributed by atoms with Gasteiger partial charge >= 0.3 is 0 Å². The Morgan fingerprint density at radius 1 is 1.50 bits per heavy atom. The fraction of sp³-hybridized carbons (Fsp3) is 0.786. The number of aryl methyl sites for hydroxylation is 1. The van der Waals surface area contributed by atoms with E-state index in [4.69, 9.17) is 5.73 Å². The Balaban J connectivity index is 2.17. The molecule has 0 aliphatic carbocycles. The molecule has 1 atom stereocenters. The van der Waals surface area contributed by atoms with E-state index in [1.54, 1.807) is 0 Å². The average molecular weight is 250 g/mol. The van der Waals surface area contributed by atoms with Gasteiger partial charge in [-0.3, -0.25) is 9.58 Å². The van der Waals surface area contributed by atoms with Crippen LogP contribution in [0.2, 0.25) is 0 Å². The van der Waals surface area contributed by atoms with Gasteiger partial charge < -0.3 is 5.73 Å². The maximum Gasteiger partial charge on any atom is 0.0538 e. The maximum absolute atomic E-state index is 6.01. The summed E-state index contributed by atoms with van der Waals surface area (Å²) in [7, 11) is 0. The van der Waals surface area contributed by atoms with Crippen molar-refractivity contribution in [2.24, 2.45) is 5.73 Å². The van der Waals surface area contributed by atoms with Crippen LogP contribution < -0.4 is 5.73 Å². The molecule has 18 heavy (non-hydrogen) atoms. The van der Waals surface area contributed by atoms with Crippen LogP contribution in [-0.4, -0.2) is 33.3 Å². The number of hydrogen-bond acceptors (Lipinski definition) is 3. The highest BCUT2D eigenvalue weighted by Crippen LogP contribution is 2.35. The molecular formula is C14H26N4. The summed E-state index contributed by atoms with van der Waals surface area (Å²) in [6, 6.07) is 0.313. The van der Waals surface area contributed by atoms with Crippen molar-refractivity contribution in [3.63, 3.8) is 0 Å². The molecule has 1 fully saturated rings. The molecule has 0 aromatic carbocycles. The van der Waals surface area contributed by atoms with Crippen molar-refractivity contribution in [2.45, 2.75) is 58.2 Å². The van der Waals surface area contributed by atoms with Gasteiger partial charge in [-0.1, -0.05) is 6.92 Å². The first-order valence-electron chi connectivity index (χ1n) is 7.07. The van der Waals surface area contributed by atoms with Crippen LogP contribution in [0.15, 0.2) is 12.4 Å². The highest BCUT2D eigenvalue weighted by atomic mass is 15.3. The lowest BCUT2D eigenvalue weighted by atomic mass is 9.99. The zero-order chi connectivity index (χ0) is 13.2. The quantitative estimate of drug-likeness (QED) is 0.871. The first-order valence-corrected chi connectivity index (χ1v) is 7.07. The molecule has 2 heterocycles. The molecule has 2 N–H and O–H groups in total. The van der Waals surface area contributed by atoms with Gasteiger partial charge in [-0.2, -0.15) is 5.10 Å². The van der Waals surface area contributed by atoms with E-state index in [9.17, 15) is 0 Å². The molecule has 1 saturated heterocycles. The minimum Gasteiger partial charge on any atom is -0.329 e. The Kier molecular flexibility index (Phi) is 4.07. The predicted molar refractivity (Wildman–Crippen MR) is 74.3 cm³/mol. The number of aromatic nitrogens is 2. The van der Waals surface area contributed by atoms with Gasteiger partial charge in [0.2, 0.25) is 0 Å². The Labute approximate surface area is 110 Å². The molecule has 0 saturated carbocycles. The van der Waals surface area contributed by atoms with Crippen LogP contribution in [0.5, 0.6) is 0 Å². The summed E-state index contributed by atoms with van der Waals surface area (Å²) in [4.78, 5) is 2.54. The van der Waals surface area contributed by atoms with Gasteiger partial charge in [0.1, 0.15) is 0 Å². The van der Waals surface area contributed by atoms with E-state index in [-0.39, 0.29) is 5.54 Å². The fourth-order valence-corrected chi connectivity index (χ4v) is 3.05. The van der Waals surface area contributed by atoms with Crippen LogP contribution in [0, 0.1) is 0 Å². The van der Waals surface area contributed by atoms with Crippen molar-refractivity contribution in [2.75, 3.05) is 13.1 Å². The Bertz CT molecular complexity index is 383. The number of hydrogen-bond donors (Lipinski definition) is 1. The lowest BCUT2D eigenvalue weighted by Crippen LogP contribution is -2.43. The summed E-state index contributed by atoms with van der Waals surface area (Å²) in [6.45, 7) is 9.61. The van der Waals surface area contributed by atoms with E-state index >= 15 is 0 Å². The lowest BCUT2D eigenvalue weighted by molar-refractivity contribution is 0.119. The van der Waals surface area contributed by atoms with Crippen LogP contribution in [0.1, 0.15) is 51.6 Å². The summed E-state index contributed by atoms with van der Waals surface area (Å²) in [5.74, 6) is 0. The monoisotopic (exact) mass is 250 g/mol. The van der Waals surface area contributed by atoms with Crippen LogP contribution in [0.25, 0.3) is 0 Å². The Hall–Kier alpha value is -0.870. The van der Waals surface area contributed by atoms with Crippen molar-refractivity contribution in [3.05, 3.63) is 18.0 Å². The van der Waals surface area contributed by atoms with Gasteiger partial charge in [0, 0.05) is 30.4 Å². The molecule has 1 aromatic heterocycles. The minimum atomic E-state index is 0.261. The molecule has 1 aliphatic rings. The average Bonchev–Trinajstić information content (AvgIpc) is 2.89. The van der Waals surface area contributed by atoms with Gasteiger partial charge in [0.15, 0.2) is 0 Å². The standard InChI is InChI=1S/C14H26N4/c1-4-7-17-11-12(10-16-17)13(9-15)18-8-5-6-14(18,2)3/h10-11,13H,4-9,15H2,1-3H3. The van der Waals surface area contributed by atoms with Gasteiger partial charge in [-0.15, -0.1) is 0 Å². The summed E-state index contributed by atoms with van der Waals surface area (Å²) in [6.07, 6.45) is 7.79. The number of nitrogens with zero attached hydrogens (tertiary/aromatic N) is 3. The Morgan fingerprint density at radius 2 is 2.28 bits per heavy atom. The normalized spacial score (nSPS) is 21.3. The van der Waals surface area contributed by atoms with Crippen molar-refractivity contribution in [3.8, 4) is 0 Å². The molecule has 0 spiro atoms. The fourth-order valence-electron chi connectivity index (χ4n) is 3.05.